The van der Waals surface area contributed by atoms with E-state index in [1.54, 1.807) is 22.3 Å². The monoisotopic (exact) mass is 149 g/mol. The molecule has 3 heteroatoms. The van der Waals surface area contributed by atoms with Gasteiger partial charge >= 0.3 is 42.3 Å². The van der Waals surface area contributed by atoms with Gasteiger partial charge in [-0.3, -0.25) is 0 Å². The van der Waals surface area contributed by atoms with E-state index >= 15 is 0 Å². The third kappa shape index (κ3) is 4.56. The average Bonchev–Trinajstić information content (AvgIpc) is 1.38. The molecule has 0 heterocycles. The molecule has 0 atom stereocenters. The fraction of sp³-hybridized carbons (Fsp3) is 0.500. The van der Waals surface area contributed by atoms with Gasteiger partial charge < -0.3 is 0 Å². The zero-order valence-corrected chi connectivity index (χ0v) is 5.73. The van der Waals surface area contributed by atoms with Crippen molar-refractivity contribution in [2.45, 2.75) is 6.92 Å². The fourth-order valence-electron chi connectivity index (χ4n) is 0. The molecule has 0 aromatic carbocycles. The second kappa shape index (κ2) is 2.78. The van der Waals surface area contributed by atoms with Crippen LogP contribution in [0, 0.1) is 0 Å². The molecule has 0 aliphatic heterocycles. The summed E-state index contributed by atoms with van der Waals surface area (Å²) in [4.78, 5) is 9.78. The molecule has 0 aromatic rings. The summed E-state index contributed by atoms with van der Waals surface area (Å²) >= 11 is 1.77. The number of rotatable bonds is 0. The molecule has 0 rings (SSSR count). The summed E-state index contributed by atoms with van der Waals surface area (Å²) in [5, 5.41) is 0.171. The summed E-state index contributed by atoms with van der Waals surface area (Å²) in [7, 11) is 1.24. The standard InChI is InChI=1S/C2H3GeOS/c1-2(4)5-3/h1H3. The second-order valence-electron chi connectivity index (χ2n) is 0.594. The van der Waals surface area contributed by atoms with Crippen molar-refractivity contribution in [3.63, 3.8) is 0 Å². The van der Waals surface area contributed by atoms with Gasteiger partial charge in [0, 0.05) is 0 Å². The Morgan fingerprint density at radius 2 is 2.20 bits per heavy atom. The minimum atomic E-state index is 0.171. The molecule has 1 nitrogen and oxygen atoms in total. The van der Waals surface area contributed by atoms with Gasteiger partial charge in [0.25, 0.3) is 0 Å². The Labute approximate surface area is 42.8 Å². The van der Waals surface area contributed by atoms with Gasteiger partial charge in [0.1, 0.15) is 0 Å². The summed E-state index contributed by atoms with van der Waals surface area (Å²) in [5.41, 5.74) is 0. The molecule has 0 saturated heterocycles. The van der Waals surface area contributed by atoms with Crippen LogP contribution in [0.5, 0.6) is 0 Å². The van der Waals surface area contributed by atoms with Crippen LogP contribution in [-0.4, -0.2) is 20.5 Å². The molecule has 0 bridgehead atoms. The molecule has 0 aliphatic rings. The molecule has 0 aliphatic carbocycles. The van der Waals surface area contributed by atoms with Crippen LogP contribution in [0.1, 0.15) is 6.92 Å². The van der Waals surface area contributed by atoms with Crippen LogP contribution in [0.3, 0.4) is 0 Å². The molecule has 0 N–H and O–H groups in total. The van der Waals surface area contributed by atoms with Crippen molar-refractivity contribution in [3.05, 3.63) is 0 Å². The van der Waals surface area contributed by atoms with Gasteiger partial charge in [-0.1, -0.05) is 0 Å². The van der Waals surface area contributed by atoms with Gasteiger partial charge in [-0.05, 0) is 0 Å². The van der Waals surface area contributed by atoms with Crippen LogP contribution in [-0.2, 0) is 4.79 Å². The molecule has 0 amide bonds. The van der Waals surface area contributed by atoms with Crippen molar-refractivity contribution in [1.82, 2.24) is 0 Å². The molecule has 0 saturated carbocycles. The van der Waals surface area contributed by atoms with Crippen LogP contribution < -0.4 is 0 Å². The quantitative estimate of drug-likeness (QED) is 0.460. The van der Waals surface area contributed by atoms with Crippen LogP contribution in [0.2, 0.25) is 0 Å². The predicted molar refractivity (Wildman–Crippen MR) is 24.0 cm³/mol. The SMILES string of the molecule is CC(=O)[S][Ge]. The molecule has 27 valence electrons. The summed E-state index contributed by atoms with van der Waals surface area (Å²) in [5.74, 6) is 0. The van der Waals surface area contributed by atoms with E-state index in [0.29, 0.717) is 0 Å². The van der Waals surface area contributed by atoms with Crippen LogP contribution in [0.15, 0.2) is 0 Å². The summed E-state index contributed by atoms with van der Waals surface area (Å²) in [6, 6.07) is 0. The minimum absolute atomic E-state index is 0.171. The molecular formula is C2H3GeOS. The van der Waals surface area contributed by atoms with Gasteiger partial charge in [0.05, 0.1) is 0 Å². The van der Waals surface area contributed by atoms with Gasteiger partial charge in [-0.15, -0.1) is 0 Å². The van der Waals surface area contributed by atoms with Crippen LogP contribution in [0.25, 0.3) is 0 Å². The summed E-state index contributed by atoms with van der Waals surface area (Å²) < 4.78 is 0. The Hall–Kier alpha value is 0.563. The third-order valence-electron chi connectivity index (χ3n) is 0.144. The molecule has 5 heavy (non-hydrogen) atoms. The van der Waals surface area contributed by atoms with E-state index in [1.165, 1.54) is 10.1 Å². The van der Waals surface area contributed by atoms with Crippen molar-refractivity contribution < 1.29 is 4.79 Å². The van der Waals surface area contributed by atoms with E-state index in [9.17, 15) is 4.79 Å². The maximum absolute atomic E-state index is 9.78. The predicted octanol–water partition coefficient (Wildman–Crippen LogP) is 0.350. The number of carbonyl (C=O) groups excluding carboxylic acids is 1. The zero-order chi connectivity index (χ0) is 4.28. The molecule has 3 radical (unpaired) electrons. The van der Waals surface area contributed by atoms with Gasteiger partial charge in [0.2, 0.25) is 0 Å². The van der Waals surface area contributed by atoms with Crippen molar-refractivity contribution >= 4 is 30.6 Å². The van der Waals surface area contributed by atoms with Crippen LogP contribution >= 0.6 is 10.1 Å². The van der Waals surface area contributed by atoms with E-state index in [2.05, 4.69) is 0 Å². The maximum atomic E-state index is 9.78. The third-order valence-corrected chi connectivity index (χ3v) is 2.24. The Bertz CT molecular complexity index is 44.9. The Morgan fingerprint density at radius 1 is 2.00 bits per heavy atom. The van der Waals surface area contributed by atoms with E-state index in [-0.39, 0.29) is 5.12 Å². The van der Waals surface area contributed by atoms with E-state index in [0.717, 1.165) is 0 Å². The first-order valence-corrected chi connectivity index (χ1v) is 4.50. The molecule has 0 aromatic heterocycles. The van der Waals surface area contributed by atoms with Gasteiger partial charge in [-0.25, -0.2) is 0 Å². The van der Waals surface area contributed by atoms with E-state index < -0.39 is 0 Å². The zero-order valence-electron chi connectivity index (χ0n) is 2.82. The second-order valence-corrected chi connectivity index (χ2v) is 2.66. The number of hydrogen-bond acceptors (Lipinski definition) is 2. The average molecular weight is 148 g/mol. The van der Waals surface area contributed by atoms with E-state index in [4.69, 9.17) is 0 Å². The number of hydrogen-bond donors (Lipinski definition) is 0. The van der Waals surface area contributed by atoms with Gasteiger partial charge in [-0.2, -0.15) is 0 Å². The fourth-order valence-corrected chi connectivity index (χ4v) is 0. The molecule has 0 unspecified atom stereocenters. The Morgan fingerprint density at radius 3 is 2.20 bits per heavy atom. The Balaban J connectivity index is 2.85. The first-order chi connectivity index (χ1) is 2.27. The Kier molecular flexibility index (Phi) is 3.10. The topological polar surface area (TPSA) is 17.1 Å². The summed E-state index contributed by atoms with van der Waals surface area (Å²) in [6.45, 7) is 1.55. The first kappa shape index (κ1) is 5.56. The normalized spacial score (nSPS) is 7.60. The number of carbonyl (C=O) groups is 1. The van der Waals surface area contributed by atoms with Crippen LogP contribution in [0.4, 0.5) is 0 Å². The molecular weight excluding hydrogens is 145 g/mol. The van der Waals surface area contributed by atoms with Gasteiger partial charge in [0.15, 0.2) is 0 Å². The summed E-state index contributed by atoms with van der Waals surface area (Å²) in [6.07, 6.45) is 0. The van der Waals surface area contributed by atoms with Crippen molar-refractivity contribution in [2.24, 2.45) is 0 Å². The molecule has 0 spiro atoms. The van der Waals surface area contributed by atoms with Crippen molar-refractivity contribution in [1.29, 1.82) is 0 Å². The van der Waals surface area contributed by atoms with Crippen molar-refractivity contribution in [2.75, 3.05) is 0 Å². The first-order valence-electron chi connectivity index (χ1n) is 1.11. The van der Waals surface area contributed by atoms with E-state index in [1.807, 2.05) is 0 Å². The molecule has 0 fully saturated rings. The van der Waals surface area contributed by atoms with Crippen molar-refractivity contribution in [3.8, 4) is 0 Å².